The topological polar surface area (TPSA) is 132 Å². The molecule has 0 radical (unpaired) electrons. The summed E-state index contributed by atoms with van der Waals surface area (Å²) in [5.74, 6) is -0.399. The van der Waals surface area contributed by atoms with Crippen molar-refractivity contribution >= 4 is 23.6 Å². The summed E-state index contributed by atoms with van der Waals surface area (Å²) in [5, 5.41) is 7.27. The molecule has 2 aromatic heterocycles. The average molecular weight is 913 g/mol. The number of halogens is 1. The third-order valence-corrected chi connectivity index (χ3v) is 13.9. The van der Waals surface area contributed by atoms with Gasteiger partial charge in [-0.3, -0.25) is 19.2 Å². The molecule has 4 aliphatic heterocycles. The van der Waals surface area contributed by atoms with Gasteiger partial charge in [0.25, 0.3) is 17.7 Å². The van der Waals surface area contributed by atoms with Gasteiger partial charge in [0.2, 0.25) is 5.91 Å². The molecule has 4 aliphatic rings. The highest BCUT2D eigenvalue weighted by molar-refractivity contribution is 6.02. The Morgan fingerprint density at radius 3 is 1.76 bits per heavy atom. The molecule has 0 bridgehead atoms. The van der Waals surface area contributed by atoms with Crippen molar-refractivity contribution in [1.82, 2.24) is 30.2 Å². The van der Waals surface area contributed by atoms with E-state index in [1.54, 1.807) is 34.3 Å². The van der Waals surface area contributed by atoms with E-state index in [1.165, 1.54) is 24.3 Å². The predicted molar refractivity (Wildman–Crippen MR) is 252 cm³/mol. The van der Waals surface area contributed by atoms with Crippen LogP contribution in [0.25, 0.3) is 0 Å². The summed E-state index contributed by atoms with van der Waals surface area (Å²) in [5.41, 5.74) is 3.34. The van der Waals surface area contributed by atoms with Gasteiger partial charge in [-0.2, -0.15) is 0 Å². The number of benzene rings is 4. The monoisotopic (exact) mass is 912 g/mol. The molecule has 6 aromatic rings. The molecule has 2 N–H and O–H groups in total. The first-order valence-corrected chi connectivity index (χ1v) is 23.1. The van der Waals surface area contributed by atoms with Crippen LogP contribution in [0.15, 0.2) is 177 Å². The van der Waals surface area contributed by atoms with Crippen molar-refractivity contribution in [3.05, 3.63) is 214 Å². The minimum absolute atomic E-state index is 0.0614. The maximum atomic E-state index is 15.1. The Kier molecular flexibility index (Phi) is 11.4. The quantitative estimate of drug-likeness (QED) is 0.140. The number of nitrogens with zero attached hydrogens (tertiary/aromatic N) is 4. The molecule has 13 heteroatoms. The zero-order valence-electron chi connectivity index (χ0n) is 38.4. The molecule has 12 nitrogen and oxygen atoms in total. The van der Waals surface area contributed by atoms with E-state index in [1.807, 2.05) is 135 Å². The first-order chi connectivity index (χ1) is 32.8. The van der Waals surface area contributed by atoms with Crippen LogP contribution in [-0.4, -0.2) is 73.9 Å². The minimum atomic E-state index is -1.00. The summed E-state index contributed by atoms with van der Waals surface area (Å²) in [6.45, 7) is 9.22. The zero-order chi connectivity index (χ0) is 47.3. The van der Waals surface area contributed by atoms with Gasteiger partial charge >= 0.3 is 0 Å². The molecule has 346 valence electrons. The molecule has 3 unspecified atom stereocenters. The van der Waals surface area contributed by atoms with Gasteiger partial charge in [0, 0.05) is 49.7 Å². The second-order valence-electron chi connectivity index (χ2n) is 18.8. The van der Waals surface area contributed by atoms with Gasteiger partial charge in [0.1, 0.15) is 41.2 Å². The predicted octanol–water partition coefficient (Wildman–Crippen LogP) is 8.41. The molecular weight excluding hydrogens is 860 g/mol. The van der Waals surface area contributed by atoms with Crippen molar-refractivity contribution in [2.75, 3.05) is 19.6 Å². The lowest BCUT2D eigenvalue weighted by Gasteiger charge is -2.37. The number of carbonyl (C=O) groups is 4. The van der Waals surface area contributed by atoms with Crippen LogP contribution in [0.1, 0.15) is 90.1 Å². The highest BCUT2D eigenvalue weighted by atomic mass is 19.1. The summed E-state index contributed by atoms with van der Waals surface area (Å²) in [6.07, 6.45) is 1.61. The van der Waals surface area contributed by atoms with Crippen LogP contribution in [0.2, 0.25) is 0 Å². The van der Waals surface area contributed by atoms with Gasteiger partial charge in [-0.25, -0.2) is 4.39 Å². The Hall–Kier alpha value is -7.67. The van der Waals surface area contributed by atoms with E-state index in [0.717, 1.165) is 16.7 Å². The Bertz CT molecular complexity index is 2930. The van der Waals surface area contributed by atoms with Gasteiger partial charge in [0.15, 0.2) is 0 Å². The van der Waals surface area contributed by atoms with Gasteiger partial charge in [0.05, 0.1) is 34.9 Å². The molecule has 0 spiro atoms. The summed E-state index contributed by atoms with van der Waals surface area (Å²) < 4.78 is 27.3. The number of carbonyl (C=O) groups excluding carboxylic acids is 4. The molecule has 0 saturated heterocycles. The van der Waals surface area contributed by atoms with Crippen molar-refractivity contribution < 1.29 is 32.4 Å². The molecule has 0 saturated carbocycles. The van der Waals surface area contributed by atoms with Crippen LogP contribution < -0.4 is 10.6 Å². The van der Waals surface area contributed by atoms with E-state index < -0.39 is 40.9 Å². The highest BCUT2D eigenvalue weighted by Crippen LogP contribution is 2.48. The first kappa shape index (κ1) is 44.2. The Morgan fingerprint density at radius 2 is 1.18 bits per heavy atom. The third kappa shape index (κ3) is 7.84. The van der Waals surface area contributed by atoms with Crippen molar-refractivity contribution in [3.63, 3.8) is 0 Å². The second-order valence-corrected chi connectivity index (χ2v) is 18.8. The molecule has 6 heterocycles. The second kappa shape index (κ2) is 17.5. The minimum Gasteiger partial charge on any atom is -0.467 e. The maximum Gasteiger partial charge on any atom is 0.255 e. The standard InChI is InChI=1S/C55H53FN6O6/c1-54(2)49-45(52(65)61(54)32-36-17-10-6-11-18-36)48(59(29-28-57-49)51(64)38-22-24-39(56)25-23-38)43-27-26-41(68-43)40-34-60(44(63)31-35-15-8-5-9-16-35)47(42-21-14-30-67-42)46-50(58-40)55(3,4)62(53(46)66)33-37-19-12-7-13-20-37/h5-27,30,40,47-48,57-58H,28-29,31-34H2,1-4H3. The van der Waals surface area contributed by atoms with Crippen LogP contribution in [0.4, 0.5) is 4.39 Å². The van der Waals surface area contributed by atoms with E-state index in [9.17, 15) is 14.0 Å². The zero-order valence-corrected chi connectivity index (χ0v) is 38.4. The molecule has 10 rings (SSSR count). The Balaban J connectivity index is 1.09. The van der Waals surface area contributed by atoms with Gasteiger partial charge < -0.3 is 39.1 Å². The van der Waals surface area contributed by atoms with Crippen LogP contribution in [0, 0.1) is 5.82 Å². The smallest absolute Gasteiger partial charge is 0.255 e. The van der Waals surface area contributed by atoms with Crippen molar-refractivity contribution in [1.29, 1.82) is 0 Å². The van der Waals surface area contributed by atoms with E-state index in [4.69, 9.17) is 8.83 Å². The summed E-state index contributed by atoms with van der Waals surface area (Å²) in [7, 11) is 0. The normalized spacial score (nSPS) is 21.0. The van der Waals surface area contributed by atoms with Crippen molar-refractivity contribution in [2.24, 2.45) is 0 Å². The molecule has 0 fully saturated rings. The van der Waals surface area contributed by atoms with Crippen molar-refractivity contribution in [2.45, 2.75) is 76.4 Å². The van der Waals surface area contributed by atoms with Crippen LogP contribution in [0.5, 0.6) is 0 Å². The molecular formula is C55H53FN6O6. The largest absolute Gasteiger partial charge is 0.467 e. The molecule has 0 aliphatic carbocycles. The van der Waals surface area contributed by atoms with Gasteiger partial charge in [-0.1, -0.05) is 91.0 Å². The number of furan rings is 2. The number of amides is 4. The lowest BCUT2D eigenvalue weighted by Crippen LogP contribution is -2.48. The van der Waals surface area contributed by atoms with Crippen LogP contribution >= 0.6 is 0 Å². The van der Waals surface area contributed by atoms with E-state index >= 15 is 9.59 Å². The first-order valence-electron chi connectivity index (χ1n) is 23.1. The molecule has 3 atom stereocenters. The SMILES string of the molecule is CC1(C)C2=C(C(=O)N1Cc1ccccc1)C(c1ccco1)N(C(=O)Cc1ccccc1)CC(c1ccc(C3C4=C(NCCN3C(=O)c3ccc(F)cc3)C(C)(C)N(Cc3ccccc3)C4=O)o1)N2. The molecule has 4 amide bonds. The fraction of sp³-hybridized carbons (Fsp3) is 0.273. The summed E-state index contributed by atoms with van der Waals surface area (Å²) in [4.78, 5) is 66.8. The lowest BCUT2D eigenvalue weighted by atomic mass is 9.95. The van der Waals surface area contributed by atoms with Crippen molar-refractivity contribution in [3.8, 4) is 0 Å². The van der Waals surface area contributed by atoms with Gasteiger partial charge in [-0.05, 0) is 92.9 Å². The van der Waals surface area contributed by atoms with Crippen LogP contribution in [0.3, 0.4) is 0 Å². The van der Waals surface area contributed by atoms with Crippen LogP contribution in [-0.2, 0) is 33.9 Å². The highest BCUT2D eigenvalue weighted by Gasteiger charge is 2.54. The van der Waals surface area contributed by atoms with Gasteiger partial charge in [-0.15, -0.1) is 0 Å². The Morgan fingerprint density at radius 1 is 0.632 bits per heavy atom. The van der Waals surface area contributed by atoms with E-state index in [-0.39, 0.29) is 42.8 Å². The number of nitrogens with one attached hydrogen (secondary N) is 2. The molecule has 68 heavy (non-hydrogen) atoms. The fourth-order valence-corrected chi connectivity index (χ4v) is 10.3. The third-order valence-electron chi connectivity index (χ3n) is 13.9. The van der Waals surface area contributed by atoms with E-state index in [0.29, 0.717) is 59.5 Å². The average Bonchev–Trinajstić information content (AvgIpc) is 4.06. The maximum absolute atomic E-state index is 15.1. The summed E-state index contributed by atoms with van der Waals surface area (Å²) in [6, 6.07) is 39.0. The molecule has 4 aromatic carbocycles. The number of hydrogen-bond acceptors (Lipinski definition) is 8. The number of rotatable bonds is 10. The van der Waals surface area contributed by atoms with E-state index in [2.05, 4.69) is 10.6 Å². The number of hydrogen-bond donors (Lipinski definition) is 2. The lowest BCUT2D eigenvalue weighted by molar-refractivity contribution is -0.135. The fourth-order valence-electron chi connectivity index (χ4n) is 10.3. The Labute approximate surface area is 394 Å². The summed E-state index contributed by atoms with van der Waals surface area (Å²) >= 11 is 0.